The summed E-state index contributed by atoms with van der Waals surface area (Å²) < 4.78 is 38.4. The number of hydrogen-bond acceptors (Lipinski definition) is 0. The van der Waals surface area contributed by atoms with Crippen LogP contribution in [0.4, 0.5) is 12.9 Å². The Bertz CT molecular complexity index is 475. The van der Waals surface area contributed by atoms with Crippen molar-refractivity contribution < 1.29 is 12.9 Å². The molecule has 1 aromatic carbocycles. The van der Waals surface area contributed by atoms with Gasteiger partial charge in [0, 0.05) is 5.02 Å². The molecule has 3 aliphatic carbocycles. The van der Waals surface area contributed by atoms with Crippen LogP contribution in [0.2, 0.25) is 10.3 Å². The van der Waals surface area contributed by atoms with Crippen molar-refractivity contribution in [2.24, 2.45) is 0 Å². The molecule has 0 amide bonds. The lowest BCUT2D eigenvalue weighted by atomic mass is 9.23. The van der Waals surface area contributed by atoms with Crippen molar-refractivity contribution in [1.29, 1.82) is 0 Å². The highest BCUT2D eigenvalue weighted by Gasteiger charge is 2.74. The molecule has 0 spiro atoms. The zero-order valence-corrected chi connectivity index (χ0v) is 10.2. The molecule has 3 aliphatic rings. The van der Waals surface area contributed by atoms with Gasteiger partial charge in [0.05, 0.1) is 0 Å². The zero-order valence-electron chi connectivity index (χ0n) is 9.44. The van der Waals surface area contributed by atoms with Gasteiger partial charge in [-0.15, -0.1) is 0 Å². The van der Waals surface area contributed by atoms with Crippen LogP contribution in [0.25, 0.3) is 0 Å². The van der Waals surface area contributed by atoms with Crippen LogP contribution in [0.1, 0.15) is 30.4 Å². The Balaban J connectivity index is 1.87. The molecule has 0 atom stereocenters. The molecule has 1 aromatic rings. The van der Waals surface area contributed by atoms with Gasteiger partial charge in [0.25, 0.3) is 0 Å². The van der Waals surface area contributed by atoms with Gasteiger partial charge < -0.3 is 12.9 Å². The Labute approximate surface area is 103 Å². The van der Waals surface area contributed by atoms with Gasteiger partial charge >= 0.3 is 6.98 Å². The number of halogens is 4. The summed E-state index contributed by atoms with van der Waals surface area (Å²) in [6.07, 6.45) is 0.851. The molecule has 4 rings (SSSR count). The predicted octanol–water partition coefficient (Wildman–Crippen LogP) is 4.67. The molecule has 0 radical (unpaired) electrons. The highest BCUT2D eigenvalue weighted by atomic mass is 35.5. The Hall–Kier alpha value is -0.635. The van der Waals surface area contributed by atoms with E-state index in [4.69, 9.17) is 11.6 Å². The highest BCUT2D eigenvalue weighted by molar-refractivity contribution is 6.63. The fraction of sp³-hybridized carbons (Fsp3) is 0.500. The normalized spacial score (nSPS) is 35.1. The van der Waals surface area contributed by atoms with Crippen LogP contribution >= 0.6 is 11.6 Å². The minimum Gasteiger partial charge on any atom is -0.449 e. The first kappa shape index (κ1) is 11.5. The van der Waals surface area contributed by atoms with Crippen LogP contribution < -0.4 is 0 Å². The smallest absolute Gasteiger partial charge is 0.449 e. The van der Waals surface area contributed by atoms with Gasteiger partial charge in [0.1, 0.15) is 0 Å². The minimum atomic E-state index is -4.68. The van der Waals surface area contributed by atoms with Crippen molar-refractivity contribution in [3.63, 3.8) is 0 Å². The van der Waals surface area contributed by atoms with Crippen molar-refractivity contribution in [2.75, 3.05) is 0 Å². The second-order valence-corrected chi connectivity index (χ2v) is 6.14. The van der Waals surface area contributed by atoms with Crippen LogP contribution in [-0.4, -0.2) is 6.98 Å². The van der Waals surface area contributed by atoms with Gasteiger partial charge in [0.15, 0.2) is 0 Å². The molecule has 0 saturated heterocycles. The van der Waals surface area contributed by atoms with E-state index < -0.39 is 12.3 Å². The van der Waals surface area contributed by atoms with Crippen LogP contribution in [-0.2, 0) is 5.41 Å². The monoisotopic (exact) mass is 259 g/mol. The van der Waals surface area contributed by atoms with Crippen LogP contribution in [0, 0.1) is 6.92 Å². The lowest BCUT2D eigenvalue weighted by Crippen LogP contribution is -2.67. The third-order valence-electron chi connectivity index (χ3n) is 4.53. The largest absolute Gasteiger partial charge is 0.484 e. The van der Waals surface area contributed by atoms with Gasteiger partial charge in [-0.3, -0.25) is 0 Å². The predicted molar refractivity (Wildman–Crippen MR) is 63.5 cm³/mol. The van der Waals surface area contributed by atoms with E-state index >= 15 is 0 Å². The Morgan fingerprint density at radius 3 is 2.24 bits per heavy atom. The fourth-order valence-electron chi connectivity index (χ4n) is 3.72. The second-order valence-electron chi connectivity index (χ2n) is 5.71. The lowest BCUT2D eigenvalue weighted by Gasteiger charge is -2.75. The quantitative estimate of drug-likeness (QED) is 0.677. The first-order valence-electron chi connectivity index (χ1n) is 5.74. The Morgan fingerprint density at radius 2 is 1.76 bits per heavy atom. The molecule has 0 N–H and O–H groups in total. The van der Waals surface area contributed by atoms with Crippen LogP contribution in [0.15, 0.2) is 18.2 Å². The molecule has 0 unspecified atom stereocenters. The Morgan fingerprint density at radius 1 is 1.18 bits per heavy atom. The van der Waals surface area contributed by atoms with Crippen LogP contribution in [0.3, 0.4) is 0 Å². The first-order chi connectivity index (χ1) is 7.78. The summed E-state index contributed by atoms with van der Waals surface area (Å²) in [6.45, 7) is -2.75. The average molecular weight is 259 g/mol. The van der Waals surface area contributed by atoms with E-state index in [0.29, 0.717) is 5.02 Å². The van der Waals surface area contributed by atoms with Crippen molar-refractivity contribution in [3.8, 4) is 0 Å². The molecule has 3 fully saturated rings. The highest BCUT2D eigenvalue weighted by Crippen LogP contribution is 2.82. The summed E-state index contributed by atoms with van der Waals surface area (Å²) in [5, 5.41) is -0.667. The minimum absolute atomic E-state index is 0.202. The van der Waals surface area contributed by atoms with E-state index in [0.717, 1.165) is 11.1 Å². The molecular weight excluding hydrogens is 247 g/mol. The molecule has 92 valence electrons. The average Bonchev–Trinajstić information content (AvgIpc) is 2.01. The molecule has 0 nitrogen and oxygen atoms in total. The van der Waals surface area contributed by atoms with Gasteiger partial charge in [-0.25, -0.2) is 0 Å². The maximum absolute atomic E-state index is 12.8. The number of rotatable bonds is 2. The summed E-state index contributed by atoms with van der Waals surface area (Å²) in [5.41, 5.74) is 1.87. The van der Waals surface area contributed by atoms with E-state index in [-0.39, 0.29) is 24.7 Å². The molecule has 2 bridgehead atoms. The van der Waals surface area contributed by atoms with Crippen molar-refractivity contribution in [1.82, 2.24) is 0 Å². The second kappa shape index (κ2) is 3.03. The summed E-state index contributed by atoms with van der Waals surface area (Å²) >= 11 is 5.86. The maximum atomic E-state index is 12.8. The van der Waals surface area contributed by atoms with E-state index in [1.807, 2.05) is 19.1 Å². The molecule has 0 aromatic heterocycles. The molecule has 0 aliphatic heterocycles. The molecular formula is C12H12BClF3-. The van der Waals surface area contributed by atoms with Crippen molar-refractivity contribution in [3.05, 3.63) is 34.3 Å². The Kier molecular flexibility index (Phi) is 2.04. The third kappa shape index (κ3) is 1.33. The molecule has 17 heavy (non-hydrogen) atoms. The standard InChI is InChI=1S/C12H12BClF3/c1-8-4-9(14)2-3-10(8)11-5-12(6-11,7-11)13(15,16)17/h2-4H,5-7H2,1H3/q-1. The first-order valence-corrected chi connectivity index (χ1v) is 6.12. The summed E-state index contributed by atoms with van der Waals surface area (Å²) in [6, 6.07) is 5.50. The fourth-order valence-corrected chi connectivity index (χ4v) is 3.95. The van der Waals surface area contributed by atoms with Gasteiger partial charge in [-0.05, 0) is 35.6 Å². The SMILES string of the molecule is Cc1cc(Cl)ccc1C12CC([B-](F)(F)F)(C1)C2. The summed E-state index contributed by atoms with van der Waals surface area (Å²) in [4.78, 5) is 0. The number of hydrogen-bond donors (Lipinski definition) is 0. The van der Waals surface area contributed by atoms with Crippen LogP contribution in [0.5, 0.6) is 0 Å². The van der Waals surface area contributed by atoms with E-state index in [2.05, 4.69) is 0 Å². The van der Waals surface area contributed by atoms with E-state index in [9.17, 15) is 12.9 Å². The third-order valence-corrected chi connectivity index (χ3v) is 4.76. The number of aryl methyl sites for hydroxylation is 1. The van der Waals surface area contributed by atoms with E-state index in [1.165, 1.54) is 0 Å². The lowest BCUT2D eigenvalue weighted by molar-refractivity contribution is -0.0404. The number of benzene rings is 1. The van der Waals surface area contributed by atoms with Crippen molar-refractivity contribution >= 4 is 18.6 Å². The van der Waals surface area contributed by atoms with Crippen molar-refractivity contribution in [2.45, 2.75) is 36.9 Å². The summed E-state index contributed by atoms with van der Waals surface area (Å²) in [7, 11) is 0. The van der Waals surface area contributed by atoms with Gasteiger partial charge in [-0.2, -0.15) is 0 Å². The maximum Gasteiger partial charge on any atom is 0.484 e. The summed E-state index contributed by atoms with van der Waals surface area (Å²) in [5.74, 6) is 0. The topological polar surface area (TPSA) is 0 Å². The molecule has 3 saturated carbocycles. The molecule has 5 heteroatoms. The van der Waals surface area contributed by atoms with Gasteiger partial charge in [-0.1, -0.05) is 42.2 Å². The van der Waals surface area contributed by atoms with Gasteiger partial charge in [0.2, 0.25) is 0 Å². The molecule has 0 heterocycles. The van der Waals surface area contributed by atoms with E-state index in [1.54, 1.807) is 6.07 Å². The zero-order chi connectivity index (χ0) is 12.5.